The molecular weight excluding hydrogens is 579 g/mol. The van der Waals surface area contributed by atoms with Crippen LogP contribution in [0.1, 0.15) is 41.1 Å². The first kappa shape index (κ1) is 28.7. The summed E-state index contributed by atoms with van der Waals surface area (Å²) in [5.41, 5.74) is 4.29. The van der Waals surface area contributed by atoms with Gasteiger partial charge >= 0.3 is 0 Å². The van der Waals surface area contributed by atoms with Crippen molar-refractivity contribution in [2.75, 3.05) is 0 Å². The molecule has 0 amide bonds. The molecule has 4 aromatic carbocycles. The van der Waals surface area contributed by atoms with Gasteiger partial charge in [-0.1, -0.05) is 115 Å². The van der Waals surface area contributed by atoms with E-state index < -0.39 is 16.6 Å². The Kier molecular flexibility index (Phi) is 7.78. The molecule has 45 heavy (non-hydrogen) atoms. The largest absolute Gasteiger partial charge is 0.483 e. The molecule has 1 aliphatic heterocycles. The molecule has 2 aromatic heterocycles. The van der Waals surface area contributed by atoms with E-state index in [2.05, 4.69) is 15.0 Å². The fraction of sp³-hybridized carbons (Fsp3) is 0.158. The highest BCUT2D eigenvalue weighted by Gasteiger charge is 2.56. The minimum absolute atomic E-state index is 0.0472. The second kappa shape index (κ2) is 12.2. The highest BCUT2D eigenvalue weighted by atomic mass is 32.2. The second-order valence-electron chi connectivity index (χ2n) is 11.3. The molecule has 1 N–H and O–H groups in total. The summed E-state index contributed by atoms with van der Waals surface area (Å²) in [6.45, 7) is 1.93. The number of hydrogen-bond acceptors (Lipinski definition) is 6. The van der Waals surface area contributed by atoms with Crippen molar-refractivity contribution in [1.29, 1.82) is 0 Å². The number of aromatic nitrogens is 3. The summed E-state index contributed by atoms with van der Waals surface area (Å²) in [5.74, 6) is 0.467. The number of rotatable bonds is 9. The summed E-state index contributed by atoms with van der Waals surface area (Å²) >= 11 is 1.16. The maximum absolute atomic E-state index is 14.4. The molecule has 0 saturated carbocycles. The second-order valence-corrected chi connectivity index (χ2v) is 12.5. The summed E-state index contributed by atoms with van der Waals surface area (Å²) < 4.78 is 6.15. The van der Waals surface area contributed by atoms with Gasteiger partial charge in [-0.2, -0.15) is 0 Å². The van der Waals surface area contributed by atoms with Gasteiger partial charge in [-0.3, -0.25) is 9.59 Å². The van der Waals surface area contributed by atoms with Crippen molar-refractivity contribution in [1.82, 2.24) is 15.0 Å². The molecule has 7 heteroatoms. The Bertz CT molecular complexity index is 1810. The zero-order valence-corrected chi connectivity index (χ0v) is 25.5. The van der Waals surface area contributed by atoms with Crippen LogP contribution in [-0.2, 0) is 21.4 Å². The molecule has 0 aliphatic carbocycles. The zero-order valence-electron chi connectivity index (χ0n) is 24.7. The van der Waals surface area contributed by atoms with Gasteiger partial charge in [0.2, 0.25) is 5.12 Å². The molecule has 3 unspecified atom stereocenters. The van der Waals surface area contributed by atoms with E-state index in [1.165, 1.54) is 0 Å². The molecule has 3 heterocycles. The van der Waals surface area contributed by atoms with Gasteiger partial charge in [0.25, 0.3) is 0 Å². The number of benzene rings is 4. The number of carbonyl (C=O) groups excluding carboxylic acids is 2. The van der Waals surface area contributed by atoms with Crippen molar-refractivity contribution in [3.05, 3.63) is 162 Å². The van der Waals surface area contributed by atoms with Gasteiger partial charge in [0.15, 0.2) is 17.5 Å². The highest BCUT2D eigenvalue weighted by molar-refractivity contribution is 8.15. The number of hydrogen-bond donors (Lipinski definition) is 1. The zero-order chi connectivity index (χ0) is 30.8. The number of imidazole rings is 1. The number of H-pyrrole nitrogens is 1. The van der Waals surface area contributed by atoms with E-state index in [0.29, 0.717) is 23.6 Å². The summed E-state index contributed by atoms with van der Waals surface area (Å²) in [6.07, 6.45) is 1.86. The van der Waals surface area contributed by atoms with Gasteiger partial charge in [0, 0.05) is 6.20 Å². The van der Waals surface area contributed by atoms with Crippen molar-refractivity contribution in [2.24, 2.45) is 5.92 Å². The first-order chi connectivity index (χ1) is 22.0. The Labute approximate surface area is 265 Å². The molecule has 0 radical (unpaired) electrons. The SMILES string of the molecule is CC(Oc1ccc(CC2SC(=O)C(C(c3ccccc3)(c3ccccc3)c3ccccc3)C2=O)cc1)c1nc2ncccc2[nH]1. The number of pyridine rings is 1. The summed E-state index contributed by atoms with van der Waals surface area (Å²) in [7, 11) is 0. The molecule has 7 rings (SSSR count). The fourth-order valence-corrected chi connectivity index (χ4v) is 7.68. The predicted molar refractivity (Wildman–Crippen MR) is 177 cm³/mol. The van der Waals surface area contributed by atoms with Crippen molar-refractivity contribution in [2.45, 2.75) is 30.1 Å². The Morgan fingerprint density at radius 3 is 1.91 bits per heavy atom. The van der Waals surface area contributed by atoms with Gasteiger partial charge in [0.05, 0.1) is 16.2 Å². The average molecular weight is 610 g/mol. The summed E-state index contributed by atoms with van der Waals surface area (Å²) in [4.78, 5) is 40.6. The molecule has 1 saturated heterocycles. The molecule has 1 fully saturated rings. The number of nitrogens with one attached hydrogen (secondary N) is 1. The number of aromatic amines is 1. The van der Waals surface area contributed by atoms with Gasteiger partial charge in [0.1, 0.15) is 17.5 Å². The van der Waals surface area contributed by atoms with Crippen molar-refractivity contribution in [3.63, 3.8) is 0 Å². The van der Waals surface area contributed by atoms with Crippen LogP contribution in [0.15, 0.2) is 134 Å². The number of carbonyl (C=O) groups is 2. The van der Waals surface area contributed by atoms with Gasteiger partial charge < -0.3 is 9.72 Å². The lowest BCUT2D eigenvalue weighted by Crippen LogP contribution is -2.44. The van der Waals surface area contributed by atoms with Crippen LogP contribution in [0.5, 0.6) is 5.75 Å². The van der Waals surface area contributed by atoms with Crippen LogP contribution in [-0.4, -0.2) is 31.1 Å². The van der Waals surface area contributed by atoms with Gasteiger partial charge in [-0.25, -0.2) is 9.97 Å². The normalized spacial score (nSPS) is 17.4. The highest BCUT2D eigenvalue weighted by Crippen LogP contribution is 2.51. The van der Waals surface area contributed by atoms with E-state index in [0.717, 1.165) is 39.5 Å². The quantitative estimate of drug-likeness (QED) is 0.135. The third kappa shape index (κ3) is 5.34. The van der Waals surface area contributed by atoms with Crippen LogP contribution in [0.2, 0.25) is 0 Å². The minimum Gasteiger partial charge on any atom is -0.483 e. The van der Waals surface area contributed by atoms with Gasteiger partial charge in [-0.15, -0.1) is 0 Å². The molecule has 6 nitrogen and oxygen atoms in total. The number of thioether (sulfide) groups is 1. The van der Waals surface area contributed by atoms with Crippen molar-refractivity contribution < 1.29 is 14.3 Å². The minimum atomic E-state index is -0.959. The molecule has 0 bridgehead atoms. The monoisotopic (exact) mass is 609 g/mol. The number of ketones is 1. The van der Waals surface area contributed by atoms with Crippen LogP contribution >= 0.6 is 11.8 Å². The van der Waals surface area contributed by atoms with Gasteiger partial charge in [-0.05, 0) is 59.9 Å². The van der Waals surface area contributed by atoms with E-state index in [1.54, 1.807) is 6.20 Å². The third-order valence-electron chi connectivity index (χ3n) is 8.53. The predicted octanol–water partition coefficient (Wildman–Crippen LogP) is 7.50. The Balaban J connectivity index is 1.16. The fourth-order valence-electron chi connectivity index (χ4n) is 6.44. The maximum atomic E-state index is 14.4. The lowest BCUT2D eigenvalue weighted by atomic mass is 9.60. The molecule has 1 aliphatic rings. The molecule has 0 spiro atoms. The molecule has 6 aromatic rings. The van der Waals surface area contributed by atoms with Crippen LogP contribution in [0.25, 0.3) is 11.2 Å². The number of nitrogens with zero attached hydrogens (tertiary/aromatic N) is 2. The standard InChI is InChI=1S/C38H31N3O3S/c1-25(35-40-31-18-11-23-39-36(31)41-35)44-30-21-19-26(20-22-30)24-32-34(42)33(37(43)45-32)38(27-12-5-2-6-13-27,28-14-7-3-8-15-28)29-16-9-4-10-17-29/h2-23,25,32-33H,24H2,1H3,(H,39,40,41). The first-order valence-electron chi connectivity index (χ1n) is 15.0. The number of ether oxygens (including phenoxy) is 1. The Morgan fingerprint density at radius 2 is 1.36 bits per heavy atom. The van der Waals surface area contributed by atoms with Crippen LogP contribution in [0.3, 0.4) is 0 Å². The number of Topliss-reactive ketones (excluding diaryl/α,β-unsaturated/α-hetero) is 1. The molecule has 3 atom stereocenters. The average Bonchev–Trinajstić information content (AvgIpc) is 3.65. The van der Waals surface area contributed by atoms with E-state index in [4.69, 9.17) is 4.74 Å². The topological polar surface area (TPSA) is 84.9 Å². The van der Waals surface area contributed by atoms with E-state index in [-0.39, 0.29) is 17.0 Å². The van der Waals surface area contributed by atoms with Crippen molar-refractivity contribution >= 4 is 33.8 Å². The number of fused-ring (bicyclic) bond motifs is 1. The maximum Gasteiger partial charge on any atom is 0.201 e. The van der Waals surface area contributed by atoms with E-state index in [1.807, 2.05) is 134 Å². The molecular formula is C38H31N3O3S. The van der Waals surface area contributed by atoms with Crippen LogP contribution in [0, 0.1) is 5.92 Å². The Hall–Kier alpha value is -5.01. The first-order valence-corrected chi connectivity index (χ1v) is 15.9. The van der Waals surface area contributed by atoms with Crippen LogP contribution < -0.4 is 4.74 Å². The Morgan fingerprint density at radius 1 is 0.778 bits per heavy atom. The van der Waals surface area contributed by atoms with Crippen molar-refractivity contribution in [3.8, 4) is 5.75 Å². The summed E-state index contributed by atoms with van der Waals surface area (Å²) in [5, 5.41) is -0.595. The summed E-state index contributed by atoms with van der Waals surface area (Å²) in [6, 6.07) is 41.4. The molecule has 222 valence electrons. The van der Waals surface area contributed by atoms with Crippen LogP contribution in [0.4, 0.5) is 0 Å². The van der Waals surface area contributed by atoms with E-state index >= 15 is 0 Å². The third-order valence-corrected chi connectivity index (χ3v) is 9.69. The lowest BCUT2D eigenvalue weighted by Gasteiger charge is -2.39. The van der Waals surface area contributed by atoms with E-state index in [9.17, 15) is 9.59 Å². The smallest absolute Gasteiger partial charge is 0.201 e. The lowest BCUT2D eigenvalue weighted by molar-refractivity contribution is -0.128.